The van der Waals surface area contributed by atoms with Gasteiger partial charge in [0.2, 0.25) is 15.9 Å². The maximum Gasteiger partial charge on any atom is 0.241 e. The zero-order valence-electron chi connectivity index (χ0n) is 12.1. The minimum atomic E-state index is -3.62. The number of nitrogens with one attached hydrogen (secondary N) is 2. The van der Waals surface area contributed by atoms with Gasteiger partial charge in [0.1, 0.15) is 0 Å². The Balaban J connectivity index is 2.19. The quantitative estimate of drug-likeness (QED) is 0.784. The van der Waals surface area contributed by atoms with Crippen molar-refractivity contribution in [2.45, 2.75) is 11.3 Å². The second-order valence-corrected chi connectivity index (χ2v) is 7.79. The summed E-state index contributed by atoms with van der Waals surface area (Å²) in [6.45, 7) is 0. The van der Waals surface area contributed by atoms with Gasteiger partial charge >= 0.3 is 0 Å². The van der Waals surface area contributed by atoms with E-state index in [1.165, 1.54) is 13.1 Å². The number of anilines is 1. The standard InChI is InChI=1S/C15H14BrClN2O3S/c1-18-23(21,22)14-9-11(6-7-12(14)16)19-15(20)8-10-4-2-3-5-13(10)17/h2-7,9,18H,8H2,1H3,(H,19,20). The molecular formula is C15H14BrClN2O3S. The van der Waals surface area contributed by atoms with E-state index in [1.807, 2.05) is 0 Å². The molecule has 1 amide bonds. The highest BCUT2D eigenvalue weighted by molar-refractivity contribution is 9.10. The number of carbonyl (C=O) groups excluding carboxylic acids is 1. The minimum Gasteiger partial charge on any atom is -0.326 e. The van der Waals surface area contributed by atoms with Crippen molar-refractivity contribution in [2.75, 3.05) is 12.4 Å². The van der Waals surface area contributed by atoms with Crippen molar-refractivity contribution in [3.8, 4) is 0 Å². The van der Waals surface area contributed by atoms with Crippen LogP contribution in [0, 0.1) is 0 Å². The van der Waals surface area contributed by atoms with Crippen molar-refractivity contribution in [3.05, 3.63) is 57.5 Å². The van der Waals surface area contributed by atoms with Gasteiger partial charge in [0.05, 0.1) is 11.3 Å². The molecule has 0 atom stereocenters. The Hall–Kier alpha value is -1.41. The van der Waals surface area contributed by atoms with E-state index in [0.29, 0.717) is 20.7 Å². The molecule has 0 saturated carbocycles. The van der Waals surface area contributed by atoms with Crippen molar-refractivity contribution in [2.24, 2.45) is 0 Å². The van der Waals surface area contributed by atoms with Gasteiger partial charge in [0.15, 0.2) is 0 Å². The van der Waals surface area contributed by atoms with E-state index in [4.69, 9.17) is 11.6 Å². The van der Waals surface area contributed by atoms with Gasteiger partial charge in [0.25, 0.3) is 0 Å². The van der Waals surface area contributed by atoms with Gasteiger partial charge < -0.3 is 5.32 Å². The van der Waals surface area contributed by atoms with E-state index in [9.17, 15) is 13.2 Å². The topological polar surface area (TPSA) is 75.3 Å². The molecule has 2 rings (SSSR count). The summed E-state index contributed by atoms with van der Waals surface area (Å²) in [5.74, 6) is -0.284. The molecule has 2 N–H and O–H groups in total. The number of rotatable bonds is 5. The van der Waals surface area contributed by atoms with Gasteiger partial charge in [-0.2, -0.15) is 0 Å². The summed E-state index contributed by atoms with van der Waals surface area (Å²) >= 11 is 9.21. The Kier molecular flexibility index (Phi) is 5.80. The lowest BCUT2D eigenvalue weighted by atomic mass is 10.1. The van der Waals surface area contributed by atoms with Crippen molar-refractivity contribution >= 4 is 49.1 Å². The number of sulfonamides is 1. The Morgan fingerprint density at radius 2 is 1.91 bits per heavy atom. The SMILES string of the molecule is CNS(=O)(=O)c1cc(NC(=O)Cc2ccccc2Cl)ccc1Br. The molecule has 0 aliphatic heterocycles. The van der Waals surface area contributed by atoms with Gasteiger partial charge in [-0.25, -0.2) is 13.1 Å². The summed E-state index contributed by atoms with van der Waals surface area (Å²) in [6.07, 6.45) is 0.101. The summed E-state index contributed by atoms with van der Waals surface area (Å²) in [7, 11) is -2.30. The average Bonchev–Trinajstić information content (AvgIpc) is 2.51. The maximum atomic E-state index is 12.1. The van der Waals surface area contributed by atoms with Crippen LogP contribution in [-0.2, 0) is 21.2 Å². The number of hydrogen-bond donors (Lipinski definition) is 2. The fourth-order valence-corrected chi connectivity index (χ4v) is 3.83. The molecule has 2 aromatic carbocycles. The van der Waals surface area contributed by atoms with Crippen LogP contribution in [0.15, 0.2) is 51.8 Å². The zero-order chi connectivity index (χ0) is 17.0. The second kappa shape index (κ2) is 7.44. The molecule has 0 bridgehead atoms. The molecule has 0 saturated heterocycles. The van der Waals surface area contributed by atoms with Gasteiger partial charge in [-0.05, 0) is 52.8 Å². The van der Waals surface area contributed by atoms with Gasteiger partial charge in [0, 0.05) is 15.2 Å². The van der Waals surface area contributed by atoms with Crippen molar-refractivity contribution in [1.82, 2.24) is 4.72 Å². The normalized spacial score (nSPS) is 11.3. The van der Waals surface area contributed by atoms with Crippen LogP contribution in [0.5, 0.6) is 0 Å². The molecule has 0 unspecified atom stereocenters. The third-order valence-electron chi connectivity index (χ3n) is 3.08. The fraction of sp³-hybridized carbons (Fsp3) is 0.133. The van der Waals surface area contributed by atoms with Crippen LogP contribution in [0.2, 0.25) is 5.02 Å². The third-order valence-corrected chi connectivity index (χ3v) is 5.86. The van der Waals surface area contributed by atoms with E-state index in [-0.39, 0.29) is 17.2 Å². The molecule has 0 aromatic heterocycles. The lowest BCUT2D eigenvalue weighted by Crippen LogP contribution is -2.20. The van der Waals surface area contributed by atoms with E-state index in [1.54, 1.807) is 36.4 Å². The average molecular weight is 418 g/mol. The van der Waals surface area contributed by atoms with Crippen molar-refractivity contribution < 1.29 is 13.2 Å². The van der Waals surface area contributed by atoms with Crippen molar-refractivity contribution in [1.29, 1.82) is 0 Å². The molecule has 0 aliphatic carbocycles. The van der Waals surface area contributed by atoms with Crippen LogP contribution < -0.4 is 10.0 Å². The highest BCUT2D eigenvalue weighted by Gasteiger charge is 2.17. The Bertz CT molecular complexity index is 840. The number of halogens is 2. The first kappa shape index (κ1) is 17.9. The molecule has 23 heavy (non-hydrogen) atoms. The maximum absolute atomic E-state index is 12.1. The van der Waals surface area contributed by atoms with Crippen molar-refractivity contribution in [3.63, 3.8) is 0 Å². The van der Waals surface area contributed by atoms with Crippen LogP contribution in [0.25, 0.3) is 0 Å². The van der Waals surface area contributed by atoms with Crippen LogP contribution in [-0.4, -0.2) is 21.4 Å². The molecule has 5 nitrogen and oxygen atoms in total. The molecule has 0 aliphatic rings. The summed E-state index contributed by atoms with van der Waals surface area (Å²) in [6, 6.07) is 11.6. The Labute approximate surface area is 148 Å². The van der Waals surface area contributed by atoms with E-state index in [0.717, 1.165) is 0 Å². The summed E-state index contributed by atoms with van der Waals surface area (Å²) in [5, 5.41) is 3.18. The predicted octanol–water partition coefficient (Wildman–Crippen LogP) is 3.19. The third kappa shape index (κ3) is 4.54. The monoisotopic (exact) mass is 416 g/mol. The molecule has 122 valence electrons. The van der Waals surface area contributed by atoms with E-state index >= 15 is 0 Å². The first-order chi connectivity index (χ1) is 10.8. The highest BCUT2D eigenvalue weighted by atomic mass is 79.9. The van der Waals surface area contributed by atoms with E-state index in [2.05, 4.69) is 26.0 Å². The lowest BCUT2D eigenvalue weighted by Gasteiger charge is -2.10. The number of hydrogen-bond acceptors (Lipinski definition) is 3. The first-order valence-corrected chi connectivity index (χ1v) is 9.25. The van der Waals surface area contributed by atoms with Crippen LogP contribution in [0.3, 0.4) is 0 Å². The molecular weight excluding hydrogens is 404 g/mol. The van der Waals surface area contributed by atoms with Crippen LogP contribution >= 0.6 is 27.5 Å². The van der Waals surface area contributed by atoms with Crippen LogP contribution in [0.1, 0.15) is 5.56 Å². The summed E-state index contributed by atoms with van der Waals surface area (Å²) < 4.78 is 26.5. The van der Waals surface area contributed by atoms with E-state index < -0.39 is 10.0 Å². The second-order valence-electron chi connectivity index (χ2n) is 4.67. The minimum absolute atomic E-state index is 0.0514. The fourth-order valence-electron chi connectivity index (χ4n) is 1.92. The number of amides is 1. The highest BCUT2D eigenvalue weighted by Crippen LogP contribution is 2.25. The predicted molar refractivity (Wildman–Crippen MR) is 94.2 cm³/mol. The molecule has 2 aromatic rings. The van der Waals surface area contributed by atoms with Gasteiger partial charge in [-0.3, -0.25) is 4.79 Å². The lowest BCUT2D eigenvalue weighted by molar-refractivity contribution is -0.115. The van der Waals surface area contributed by atoms with Gasteiger partial charge in [-0.1, -0.05) is 29.8 Å². The van der Waals surface area contributed by atoms with Crippen LogP contribution in [0.4, 0.5) is 5.69 Å². The molecule has 8 heteroatoms. The number of benzene rings is 2. The smallest absolute Gasteiger partial charge is 0.241 e. The largest absolute Gasteiger partial charge is 0.326 e. The molecule has 0 fully saturated rings. The Morgan fingerprint density at radius 1 is 1.22 bits per heavy atom. The zero-order valence-corrected chi connectivity index (χ0v) is 15.3. The van der Waals surface area contributed by atoms with Gasteiger partial charge in [-0.15, -0.1) is 0 Å². The molecule has 0 spiro atoms. The summed E-state index contributed by atoms with van der Waals surface area (Å²) in [5.41, 5.74) is 1.09. The molecule has 0 radical (unpaired) electrons. The number of carbonyl (C=O) groups is 1. The molecule has 0 heterocycles. The Morgan fingerprint density at radius 3 is 2.57 bits per heavy atom. The summed E-state index contributed by atoms with van der Waals surface area (Å²) in [4.78, 5) is 12.2. The first-order valence-electron chi connectivity index (χ1n) is 6.60.